The first-order chi connectivity index (χ1) is 4.33. The highest BCUT2D eigenvalue weighted by molar-refractivity contribution is 7.94. The molecule has 50 valence electrons. The lowest BCUT2D eigenvalue weighted by molar-refractivity contribution is 0.398. The fraction of sp³-hybridized carbons (Fsp3) is 0. The molecule has 9 heavy (non-hydrogen) atoms. The molecule has 0 aromatic carbocycles. The van der Waals surface area contributed by atoms with Gasteiger partial charge in [0.2, 0.25) is 0 Å². The standard InChI is InChI=1S/C4H4ClNOS2/c5-4-1-3(2-8-4)9-7-6/h1-2H,6H2. The molecule has 5 heteroatoms. The van der Waals surface area contributed by atoms with Crippen molar-refractivity contribution in [2.24, 2.45) is 5.90 Å². The first-order valence-electron chi connectivity index (χ1n) is 2.10. The smallest absolute Gasteiger partial charge is 0.0940 e. The average Bonchev–Trinajstić information content (AvgIpc) is 2.17. The molecule has 0 saturated heterocycles. The Bertz CT molecular complexity index is 190. The minimum atomic E-state index is 0.745. The van der Waals surface area contributed by atoms with Gasteiger partial charge >= 0.3 is 0 Å². The van der Waals surface area contributed by atoms with Crippen molar-refractivity contribution in [2.45, 2.75) is 4.90 Å². The van der Waals surface area contributed by atoms with Crippen LogP contribution >= 0.6 is 35.0 Å². The summed E-state index contributed by atoms with van der Waals surface area (Å²) >= 11 is 8.16. The summed E-state index contributed by atoms with van der Waals surface area (Å²) in [5, 5.41) is 1.87. The normalized spacial score (nSPS) is 10.0. The number of halogens is 1. The van der Waals surface area contributed by atoms with Crippen molar-refractivity contribution in [2.75, 3.05) is 0 Å². The van der Waals surface area contributed by atoms with E-state index in [0.717, 1.165) is 21.3 Å². The highest BCUT2D eigenvalue weighted by Gasteiger charge is 1.96. The third kappa shape index (κ3) is 2.15. The van der Waals surface area contributed by atoms with Gasteiger partial charge in [0, 0.05) is 10.3 Å². The van der Waals surface area contributed by atoms with Gasteiger partial charge in [0.05, 0.1) is 16.4 Å². The van der Waals surface area contributed by atoms with Gasteiger partial charge < -0.3 is 0 Å². The van der Waals surface area contributed by atoms with Crippen molar-refractivity contribution >= 4 is 35.0 Å². The molecule has 0 radical (unpaired) electrons. The van der Waals surface area contributed by atoms with E-state index < -0.39 is 0 Å². The molecule has 0 aliphatic carbocycles. The molecule has 0 saturated carbocycles. The Morgan fingerprint density at radius 3 is 3.00 bits per heavy atom. The molecule has 0 atom stereocenters. The Labute approximate surface area is 66.1 Å². The highest BCUT2D eigenvalue weighted by Crippen LogP contribution is 2.27. The predicted octanol–water partition coefficient (Wildman–Crippen LogP) is 2.30. The van der Waals surface area contributed by atoms with Crippen LogP contribution in [0.1, 0.15) is 0 Å². The number of hydrogen-bond acceptors (Lipinski definition) is 4. The molecule has 1 rings (SSSR count). The van der Waals surface area contributed by atoms with Gasteiger partial charge in [0.1, 0.15) is 0 Å². The number of hydrogen-bond donors (Lipinski definition) is 1. The summed E-state index contributed by atoms with van der Waals surface area (Å²) in [5.74, 6) is 4.79. The van der Waals surface area contributed by atoms with Crippen LogP contribution in [0.25, 0.3) is 0 Å². The van der Waals surface area contributed by atoms with Crippen LogP contribution in [0.2, 0.25) is 4.34 Å². The Morgan fingerprint density at radius 2 is 2.56 bits per heavy atom. The molecule has 0 bridgehead atoms. The first-order valence-corrected chi connectivity index (χ1v) is 4.10. The zero-order valence-corrected chi connectivity index (χ0v) is 6.72. The van der Waals surface area contributed by atoms with Gasteiger partial charge in [-0.05, 0) is 6.07 Å². The molecule has 0 aliphatic heterocycles. The minimum absolute atomic E-state index is 0.745. The second-order valence-corrected chi connectivity index (χ2v) is 3.64. The van der Waals surface area contributed by atoms with Crippen LogP contribution < -0.4 is 5.90 Å². The van der Waals surface area contributed by atoms with E-state index in [-0.39, 0.29) is 0 Å². The zero-order chi connectivity index (χ0) is 6.69. The van der Waals surface area contributed by atoms with Gasteiger partial charge in [-0.1, -0.05) is 11.6 Å². The molecule has 0 fully saturated rings. The van der Waals surface area contributed by atoms with Gasteiger partial charge in [-0.2, -0.15) is 0 Å². The van der Waals surface area contributed by atoms with Gasteiger partial charge in [0.15, 0.2) is 0 Å². The lowest BCUT2D eigenvalue weighted by Crippen LogP contribution is -1.85. The summed E-state index contributed by atoms with van der Waals surface area (Å²) in [7, 11) is 0. The molecule has 0 aliphatic rings. The molecule has 2 N–H and O–H groups in total. The molecular formula is C4H4ClNOS2. The molecule has 1 heterocycles. The fourth-order valence-electron chi connectivity index (χ4n) is 0.394. The minimum Gasteiger partial charge on any atom is -0.229 e. The number of thiophene rings is 1. The summed E-state index contributed by atoms with van der Waals surface area (Å²) in [4.78, 5) is 0.938. The largest absolute Gasteiger partial charge is 0.229 e. The van der Waals surface area contributed by atoms with Gasteiger partial charge in [-0.3, -0.25) is 0 Å². The maximum absolute atomic E-state index is 5.60. The van der Waals surface area contributed by atoms with E-state index in [2.05, 4.69) is 4.28 Å². The number of rotatable bonds is 2. The molecule has 1 aromatic heterocycles. The fourth-order valence-corrected chi connectivity index (χ4v) is 1.85. The van der Waals surface area contributed by atoms with E-state index in [1.54, 1.807) is 6.07 Å². The van der Waals surface area contributed by atoms with Crippen LogP contribution in [-0.2, 0) is 4.28 Å². The molecule has 0 spiro atoms. The van der Waals surface area contributed by atoms with Crippen molar-refractivity contribution < 1.29 is 4.28 Å². The quantitative estimate of drug-likeness (QED) is 0.562. The SMILES string of the molecule is NOSc1csc(Cl)c1. The zero-order valence-electron chi connectivity index (χ0n) is 4.33. The van der Waals surface area contributed by atoms with Crippen LogP contribution in [0.3, 0.4) is 0 Å². The maximum atomic E-state index is 5.60. The summed E-state index contributed by atoms with van der Waals surface area (Å²) in [6, 6.07) is 1.80. The van der Waals surface area contributed by atoms with E-state index in [0.29, 0.717) is 0 Å². The average molecular weight is 182 g/mol. The van der Waals surface area contributed by atoms with Crippen molar-refractivity contribution in [1.29, 1.82) is 0 Å². The Morgan fingerprint density at radius 1 is 1.78 bits per heavy atom. The summed E-state index contributed by atoms with van der Waals surface area (Å²) < 4.78 is 5.05. The van der Waals surface area contributed by atoms with Gasteiger partial charge in [0.25, 0.3) is 0 Å². The first kappa shape index (κ1) is 7.37. The van der Waals surface area contributed by atoms with E-state index in [1.165, 1.54) is 11.3 Å². The highest BCUT2D eigenvalue weighted by atomic mass is 35.5. The summed E-state index contributed by atoms with van der Waals surface area (Å²) in [5.41, 5.74) is 0. The summed E-state index contributed by atoms with van der Waals surface area (Å²) in [6.45, 7) is 0. The molecule has 0 unspecified atom stereocenters. The van der Waals surface area contributed by atoms with Crippen LogP contribution in [0.4, 0.5) is 0 Å². The van der Waals surface area contributed by atoms with E-state index in [9.17, 15) is 0 Å². The molecule has 1 aromatic rings. The topological polar surface area (TPSA) is 35.2 Å². The Balaban J connectivity index is 2.61. The lowest BCUT2D eigenvalue weighted by Gasteiger charge is -1.86. The maximum Gasteiger partial charge on any atom is 0.0940 e. The van der Waals surface area contributed by atoms with Crippen LogP contribution in [0.5, 0.6) is 0 Å². The molecular weight excluding hydrogens is 178 g/mol. The van der Waals surface area contributed by atoms with Crippen molar-refractivity contribution in [3.05, 3.63) is 15.8 Å². The molecule has 2 nitrogen and oxygen atoms in total. The third-order valence-corrected chi connectivity index (χ3v) is 2.45. The van der Waals surface area contributed by atoms with Crippen LogP contribution in [0.15, 0.2) is 16.3 Å². The van der Waals surface area contributed by atoms with E-state index >= 15 is 0 Å². The molecule has 0 amide bonds. The van der Waals surface area contributed by atoms with Crippen molar-refractivity contribution in [3.8, 4) is 0 Å². The van der Waals surface area contributed by atoms with Crippen LogP contribution in [-0.4, -0.2) is 0 Å². The second-order valence-electron chi connectivity index (χ2n) is 1.27. The van der Waals surface area contributed by atoms with E-state index in [1.807, 2.05) is 5.38 Å². The predicted molar refractivity (Wildman–Crippen MR) is 40.5 cm³/mol. The summed E-state index contributed by atoms with van der Waals surface area (Å²) in [6.07, 6.45) is 0. The lowest BCUT2D eigenvalue weighted by atomic mass is 10.7. The Hall–Kier alpha value is 0.260. The van der Waals surface area contributed by atoms with Crippen LogP contribution in [0, 0.1) is 0 Å². The van der Waals surface area contributed by atoms with Crippen molar-refractivity contribution in [3.63, 3.8) is 0 Å². The second kappa shape index (κ2) is 3.43. The van der Waals surface area contributed by atoms with E-state index in [4.69, 9.17) is 17.5 Å². The third-order valence-electron chi connectivity index (χ3n) is 0.688. The Kier molecular flexibility index (Phi) is 2.81. The van der Waals surface area contributed by atoms with Gasteiger partial charge in [-0.25, -0.2) is 10.2 Å². The monoisotopic (exact) mass is 181 g/mol. The number of nitrogens with two attached hydrogens (primary N) is 1. The van der Waals surface area contributed by atoms with Crippen molar-refractivity contribution in [1.82, 2.24) is 0 Å². The van der Waals surface area contributed by atoms with Gasteiger partial charge in [-0.15, -0.1) is 11.3 Å².